The van der Waals surface area contributed by atoms with Gasteiger partial charge in [0.2, 0.25) is 0 Å². The van der Waals surface area contributed by atoms with E-state index in [4.69, 9.17) is 9.47 Å². The van der Waals surface area contributed by atoms with Gasteiger partial charge in [0, 0.05) is 32.0 Å². The number of ether oxygens (including phenoxy) is 2. The van der Waals surface area contributed by atoms with Gasteiger partial charge in [-0.15, -0.1) is 0 Å². The molecule has 1 aliphatic rings. The minimum Gasteiger partial charge on any atom is -0.467 e. The first-order chi connectivity index (χ1) is 11.7. The molecule has 5 nitrogen and oxygen atoms in total. The molecule has 0 bridgehead atoms. The number of benzene rings is 1. The molecule has 1 saturated heterocycles. The monoisotopic (exact) mass is 326 g/mol. The summed E-state index contributed by atoms with van der Waals surface area (Å²) >= 11 is 0. The highest BCUT2D eigenvalue weighted by Crippen LogP contribution is 2.21. The maximum atomic E-state index is 11.8. The summed E-state index contributed by atoms with van der Waals surface area (Å²) in [5.74, 6) is -0.308. The number of nitrogens with zero attached hydrogens (tertiary/aromatic N) is 2. The lowest BCUT2D eigenvalue weighted by atomic mass is 10.0. The maximum Gasteiger partial charge on any atom is 0.336 e. The number of pyridine rings is 1. The first-order valence-corrected chi connectivity index (χ1v) is 8.10. The van der Waals surface area contributed by atoms with Crippen LogP contribution in [0.3, 0.4) is 0 Å². The van der Waals surface area contributed by atoms with E-state index in [9.17, 15) is 4.79 Å². The summed E-state index contributed by atoms with van der Waals surface area (Å²) in [7, 11) is 1.40. The van der Waals surface area contributed by atoms with E-state index in [2.05, 4.69) is 34.1 Å². The molecule has 0 N–H and O–H groups in total. The molecule has 126 valence electrons. The van der Waals surface area contributed by atoms with Gasteiger partial charge < -0.3 is 9.47 Å². The van der Waals surface area contributed by atoms with Crippen molar-refractivity contribution in [3.05, 3.63) is 54.4 Å². The molecule has 2 atom stereocenters. The number of esters is 1. The van der Waals surface area contributed by atoms with Crippen molar-refractivity contribution < 1.29 is 14.3 Å². The number of carbonyl (C=O) groups is 1. The molecule has 1 aromatic heterocycles. The zero-order chi connectivity index (χ0) is 16.9. The molecule has 2 aromatic rings. The molecule has 1 aromatic carbocycles. The Morgan fingerprint density at radius 3 is 2.79 bits per heavy atom. The van der Waals surface area contributed by atoms with E-state index in [0.717, 1.165) is 18.7 Å². The number of hydrogen-bond donors (Lipinski definition) is 0. The predicted molar refractivity (Wildman–Crippen MR) is 91.3 cm³/mol. The molecular formula is C19H22N2O3. The fourth-order valence-electron chi connectivity index (χ4n) is 3.08. The third-order valence-corrected chi connectivity index (χ3v) is 4.15. The first-order valence-electron chi connectivity index (χ1n) is 8.10. The van der Waals surface area contributed by atoms with E-state index < -0.39 is 6.10 Å². The molecular weight excluding hydrogens is 304 g/mol. The lowest BCUT2D eigenvalue weighted by molar-refractivity contribution is -0.166. The third-order valence-electron chi connectivity index (χ3n) is 4.15. The quantitative estimate of drug-likeness (QED) is 0.808. The smallest absolute Gasteiger partial charge is 0.336 e. The third kappa shape index (κ3) is 3.99. The molecule has 0 amide bonds. The van der Waals surface area contributed by atoms with Crippen molar-refractivity contribution in [2.75, 3.05) is 20.2 Å². The summed E-state index contributed by atoms with van der Waals surface area (Å²) in [5.41, 5.74) is 3.53. The van der Waals surface area contributed by atoms with Crippen LogP contribution in [-0.2, 0) is 20.8 Å². The molecule has 1 fully saturated rings. The number of carbonyl (C=O) groups excluding carboxylic acids is 1. The van der Waals surface area contributed by atoms with Gasteiger partial charge in [0.15, 0.2) is 6.10 Å². The van der Waals surface area contributed by atoms with Crippen molar-refractivity contribution >= 4 is 5.97 Å². The normalized spacial score (nSPS) is 21.4. The maximum absolute atomic E-state index is 11.8. The number of methoxy groups -OCH3 is 1. The van der Waals surface area contributed by atoms with Crippen LogP contribution in [0.1, 0.15) is 12.5 Å². The van der Waals surface area contributed by atoms with Crippen LogP contribution in [0.5, 0.6) is 0 Å². The Balaban J connectivity index is 1.72. The Labute approximate surface area is 142 Å². The van der Waals surface area contributed by atoms with Crippen molar-refractivity contribution in [3.8, 4) is 11.1 Å². The zero-order valence-electron chi connectivity index (χ0n) is 14.0. The van der Waals surface area contributed by atoms with Crippen LogP contribution >= 0.6 is 0 Å². The Hall–Kier alpha value is -2.24. The van der Waals surface area contributed by atoms with Gasteiger partial charge in [-0.1, -0.05) is 18.2 Å². The van der Waals surface area contributed by atoms with Gasteiger partial charge in [0.1, 0.15) is 0 Å². The van der Waals surface area contributed by atoms with Crippen LogP contribution in [-0.4, -0.2) is 48.3 Å². The van der Waals surface area contributed by atoms with Gasteiger partial charge in [-0.25, -0.2) is 4.79 Å². The van der Waals surface area contributed by atoms with Gasteiger partial charge in [-0.2, -0.15) is 0 Å². The standard InChI is InChI=1S/C19H22N2O3/c1-14-11-21(13-18(24-14)19(22)23-2)12-15-4-3-5-17(10-15)16-6-8-20-9-7-16/h3-10,14,18H,11-13H2,1-2H3/t14-,18+/m1/s1. The van der Waals surface area contributed by atoms with Crippen LogP contribution in [0.15, 0.2) is 48.8 Å². The van der Waals surface area contributed by atoms with Gasteiger partial charge >= 0.3 is 5.97 Å². The van der Waals surface area contributed by atoms with Gasteiger partial charge in [-0.3, -0.25) is 9.88 Å². The molecule has 0 spiro atoms. The lowest BCUT2D eigenvalue weighted by Gasteiger charge is -2.35. The van der Waals surface area contributed by atoms with E-state index in [1.807, 2.05) is 19.1 Å². The van der Waals surface area contributed by atoms with E-state index in [0.29, 0.717) is 6.54 Å². The van der Waals surface area contributed by atoms with Crippen LogP contribution in [0.4, 0.5) is 0 Å². The largest absolute Gasteiger partial charge is 0.467 e. The van der Waals surface area contributed by atoms with E-state index >= 15 is 0 Å². The predicted octanol–water partition coefficient (Wildman–Crippen LogP) is 2.51. The minimum absolute atomic E-state index is 0.00577. The summed E-state index contributed by atoms with van der Waals surface area (Å²) in [6.07, 6.45) is 3.09. The summed E-state index contributed by atoms with van der Waals surface area (Å²) in [6, 6.07) is 12.5. The highest BCUT2D eigenvalue weighted by atomic mass is 16.6. The van der Waals surface area contributed by atoms with Gasteiger partial charge in [0.25, 0.3) is 0 Å². The average molecular weight is 326 g/mol. The second kappa shape index (κ2) is 7.55. The second-order valence-corrected chi connectivity index (χ2v) is 6.09. The minimum atomic E-state index is -0.512. The van der Waals surface area contributed by atoms with Crippen LogP contribution in [0, 0.1) is 0 Å². The molecule has 2 heterocycles. The van der Waals surface area contributed by atoms with Gasteiger partial charge in [0.05, 0.1) is 13.2 Å². The fourth-order valence-corrected chi connectivity index (χ4v) is 3.08. The van der Waals surface area contributed by atoms with Crippen LogP contribution in [0.2, 0.25) is 0 Å². The zero-order valence-corrected chi connectivity index (χ0v) is 14.0. The first kappa shape index (κ1) is 16.6. The van der Waals surface area contributed by atoms with Gasteiger partial charge in [-0.05, 0) is 41.8 Å². The fraction of sp³-hybridized carbons (Fsp3) is 0.368. The molecule has 0 unspecified atom stereocenters. The van der Waals surface area contributed by atoms with E-state index in [-0.39, 0.29) is 12.1 Å². The topological polar surface area (TPSA) is 51.7 Å². The molecule has 3 rings (SSSR count). The average Bonchev–Trinajstić information content (AvgIpc) is 2.61. The van der Waals surface area contributed by atoms with E-state index in [1.54, 1.807) is 12.4 Å². The number of hydrogen-bond acceptors (Lipinski definition) is 5. The lowest BCUT2D eigenvalue weighted by Crippen LogP contribution is -2.49. The number of morpholine rings is 1. The SMILES string of the molecule is COC(=O)[C@@H]1CN(Cc2cccc(-c3ccncc3)c2)C[C@@H](C)O1. The number of aromatic nitrogens is 1. The number of rotatable bonds is 4. The summed E-state index contributed by atoms with van der Waals surface area (Å²) in [6.45, 7) is 4.11. The van der Waals surface area contributed by atoms with Crippen molar-refractivity contribution in [2.45, 2.75) is 25.7 Å². The Kier molecular flexibility index (Phi) is 5.23. The molecule has 0 aliphatic carbocycles. The van der Waals surface area contributed by atoms with Crippen molar-refractivity contribution in [2.24, 2.45) is 0 Å². The molecule has 0 radical (unpaired) electrons. The van der Waals surface area contributed by atoms with Crippen molar-refractivity contribution in [1.29, 1.82) is 0 Å². The highest BCUT2D eigenvalue weighted by Gasteiger charge is 2.30. The highest BCUT2D eigenvalue weighted by molar-refractivity contribution is 5.75. The van der Waals surface area contributed by atoms with Crippen molar-refractivity contribution in [3.63, 3.8) is 0 Å². The van der Waals surface area contributed by atoms with E-state index in [1.165, 1.54) is 18.2 Å². The van der Waals surface area contributed by atoms with Crippen molar-refractivity contribution in [1.82, 2.24) is 9.88 Å². The molecule has 24 heavy (non-hydrogen) atoms. The Morgan fingerprint density at radius 2 is 2.04 bits per heavy atom. The summed E-state index contributed by atoms with van der Waals surface area (Å²) in [4.78, 5) is 18.1. The molecule has 0 saturated carbocycles. The Bertz CT molecular complexity index is 690. The summed E-state index contributed by atoms with van der Waals surface area (Å²) < 4.78 is 10.5. The Morgan fingerprint density at radius 1 is 1.25 bits per heavy atom. The van der Waals surface area contributed by atoms with Crippen LogP contribution < -0.4 is 0 Å². The molecule has 5 heteroatoms. The molecule has 1 aliphatic heterocycles. The second-order valence-electron chi connectivity index (χ2n) is 6.09. The summed E-state index contributed by atoms with van der Waals surface area (Å²) in [5, 5.41) is 0. The van der Waals surface area contributed by atoms with Crippen LogP contribution in [0.25, 0.3) is 11.1 Å².